The van der Waals surface area contributed by atoms with Crippen molar-refractivity contribution in [1.29, 1.82) is 0 Å². The number of furan rings is 2. The van der Waals surface area contributed by atoms with E-state index in [1.54, 1.807) is 62.0 Å². The molecule has 1 atom stereocenters. The quantitative estimate of drug-likeness (QED) is 0.0750. The van der Waals surface area contributed by atoms with Crippen molar-refractivity contribution in [3.8, 4) is 77.4 Å². The molecule has 20 nitrogen and oxygen atoms in total. The number of nitrogens with one attached hydrogen (secondary N) is 1. The molecular formula is C59H48N10O10S4. The molecule has 418 valence electrons. The van der Waals surface area contributed by atoms with E-state index in [0.717, 1.165) is 54.7 Å². The van der Waals surface area contributed by atoms with Crippen molar-refractivity contribution in [3.63, 3.8) is 0 Å². The van der Waals surface area contributed by atoms with Crippen molar-refractivity contribution < 1.29 is 46.8 Å². The molecule has 8 heterocycles. The normalized spacial score (nSPS) is 14.7. The van der Waals surface area contributed by atoms with E-state index in [9.17, 15) is 9.59 Å². The molecule has 3 aliphatic carbocycles. The van der Waals surface area contributed by atoms with Gasteiger partial charge in [-0.05, 0) is 97.6 Å². The van der Waals surface area contributed by atoms with Crippen LogP contribution < -0.4 is 33.7 Å². The lowest BCUT2D eigenvalue weighted by Crippen LogP contribution is -2.35. The largest absolute Gasteiger partial charge is 0.496 e. The van der Waals surface area contributed by atoms with Gasteiger partial charge in [-0.2, -0.15) is 0 Å². The molecule has 3 saturated carbocycles. The maximum atomic E-state index is 13.8. The molecule has 3 aliphatic rings. The molecule has 1 N–H and O–H groups in total. The van der Waals surface area contributed by atoms with Crippen LogP contribution in [0.1, 0.15) is 82.3 Å². The fourth-order valence-corrected chi connectivity index (χ4v) is 13.2. The first-order valence-corrected chi connectivity index (χ1v) is 30.1. The van der Waals surface area contributed by atoms with Crippen molar-refractivity contribution in [2.45, 2.75) is 69.4 Å². The smallest absolute Gasteiger partial charge is 0.294 e. The van der Waals surface area contributed by atoms with Crippen LogP contribution in [0.4, 0.5) is 0 Å². The van der Waals surface area contributed by atoms with Crippen molar-refractivity contribution in [1.82, 2.24) is 49.4 Å². The number of imidazole rings is 2. The Balaban J connectivity index is 0.834. The van der Waals surface area contributed by atoms with Crippen molar-refractivity contribution in [2.24, 2.45) is 0 Å². The predicted octanol–water partition coefficient (Wildman–Crippen LogP) is 12.4. The zero-order valence-corrected chi connectivity index (χ0v) is 48.1. The van der Waals surface area contributed by atoms with Gasteiger partial charge in [0.1, 0.15) is 62.2 Å². The summed E-state index contributed by atoms with van der Waals surface area (Å²) in [7, 11) is 6.30. The molecule has 2 amide bonds. The van der Waals surface area contributed by atoms with Gasteiger partial charge < -0.3 is 47.5 Å². The Kier molecular flexibility index (Phi) is 12.6. The van der Waals surface area contributed by atoms with Crippen LogP contribution >= 0.6 is 45.3 Å². The summed E-state index contributed by atoms with van der Waals surface area (Å²) in [5.41, 5.74) is 6.64. The lowest BCUT2D eigenvalue weighted by atomic mass is 10.0. The molecule has 8 aromatic heterocycles. The molecule has 12 aromatic rings. The van der Waals surface area contributed by atoms with Gasteiger partial charge in [-0.15, -0.1) is 32.9 Å². The number of carbonyl (C=O) groups is 2. The Morgan fingerprint density at radius 3 is 1.90 bits per heavy atom. The highest BCUT2D eigenvalue weighted by Gasteiger charge is 2.42. The minimum atomic E-state index is -1.02. The van der Waals surface area contributed by atoms with E-state index >= 15 is 0 Å². The fraction of sp³-hybridized carbons (Fsp3) is 0.254. The number of carbonyl (C=O) groups excluding carboxylic acids is 2. The topological polar surface area (TPSA) is 217 Å². The third-order valence-electron chi connectivity index (χ3n) is 14.7. The average Bonchev–Trinajstić information content (AvgIpc) is 4.33. The van der Waals surface area contributed by atoms with E-state index in [1.165, 1.54) is 45.3 Å². The standard InChI is InChI=1S/C59H48N10O10S4/c1-72-37-19-44-38(21-46(77-44)40-24-67-56(63-40)82-58(65-67)74-3)45(20-37)78-51(42-28-81-54(62-42)31-9-11-32(12-10-31)55(71)69(35-15-16-35)36-17-18-36)49-48(73-2)23-43(39-22-47(79-50(39)49)41-25-68-57(64-41)83-59(66-68)75-4)76-26-34-27-80-53(61-34)30-7-5-29(6-8-30)52(70)60-33-13-14-33/h5-12,19-25,27-28,33,35-36,51H,13-18,26H2,1-4H3,(H,60,70). The highest BCUT2D eigenvalue weighted by atomic mass is 32.1. The summed E-state index contributed by atoms with van der Waals surface area (Å²) in [6.07, 6.45) is 8.80. The SMILES string of the molecule is COc1cc(OC(c2csc(-c3ccc(C(=O)N(C4CC4)C4CC4)cc3)n2)c2c(OC)cc(OCc3csc(-c4ccc(C(=O)NC5CC5)cc4)n3)c3cc(-c4cn5nc(OC)sc5n4)oc23)c2cc(-c3cn4nc(OC)sc4n3)oc2c1. The molecular weight excluding hydrogens is 1140 g/mol. The lowest BCUT2D eigenvalue weighted by molar-refractivity contribution is 0.0729. The van der Waals surface area contributed by atoms with Gasteiger partial charge in [0.15, 0.2) is 17.6 Å². The Labute approximate surface area is 487 Å². The van der Waals surface area contributed by atoms with Crippen LogP contribution in [0.3, 0.4) is 0 Å². The highest BCUT2D eigenvalue weighted by Crippen LogP contribution is 2.49. The third kappa shape index (κ3) is 9.73. The molecule has 24 heteroatoms. The van der Waals surface area contributed by atoms with E-state index in [1.807, 2.05) is 77.5 Å². The zero-order chi connectivity index (χ0) is 56.0. The molecule has 4 aromatic carbocycles. The van der Waals surface area contributed by atoms with E-state index in [2.05, 4.69) is 20.4 Å². The Bertz CT molecular complexity index is 4390. The molecule has 15 rings (SSSR count). The van der Waals surface area contributed by atoms with Gasteiger partial charge in [-0.25, -0.2) is 29.0 Å². The van der Waals surface area contributed by atoms with Crippen LogP contribution in [0.2, 0.25) is 0 Å². The first kappa shape index (κ1) is 51.1. The summed E-state index contributed by atoms with van der Waals surface area (Å²) in [5.74, 6) is 2.60. The number of methoxy groups -OCH3 is 4. The average molecular weight is 1190 g/mol. The molecule has 0 aliphatic heterocycles. The van der Waals surface area contributed by atoms with Crippen LogP contribution in [0.25, 0.3) is 75.9 Å². The Morgan fingerprint density at radius 2 is 1.29 bits per heavy atom. The number of hydrogen-bond donors (Lipinski definition) is 1. The van der Waals surface area contributed by atoms with Gasteiger partial charge in [-0.3, -0.25) is 9.59 Å². The van der Waals surface area contributed by atoms with E-state index in [0.29, 0.717) is 133 Å². The zero-order valence-electron chi connectivity index (χ0n) is 44.8. The third-order valence-corrected chi connectivity index (χ3v) is 18.3. The number of ether oxygens (including phenoxy) is 6. The summed E-state index contributed by atoms with van der Waals surface area (Å²) in [4.78, 5) is 49.8. The van der Waals surface area contributed by atoms with Crippen LogP contribution in [0.5, 0.6) is 33.4 Å². The second-order valence-electron chi connectivity index (χ2n) is 20.4. The van der Waals surface area contributed by atoms with Crippen molar-refractivity contribution in [2.75, 3.05) is 28.4 Å². The van der Waals surface area contributed by atoms with Gasteiger partial charge in [0, 0.05) is 69.3 Å². The van der Waals surface area contributed by atoms with Crippen LogP contribution in [0, 0.1) is 0 Å². The number of aromatic nitrogens is 8. The minimum Gasteiger partial charge on any atom is -0.496 e. The maximum Gasteiger partial charge on any atom is 0.294 e. The van der Waals surface area contributed by atoms with Crippen LogP contribution in [-0.4, -0.2) is 102 Å². The maximum absolute atomic E-state index is 13.8. The van der Waals surface area contributed by atoms with Crippen LogP contribution in [-0.2, 0) is 6.61 Å². The molecule has 0 spiro atoms. The summed E-state index contributed by atoms with van der Waals surface area (Å²) in [6, 6.07) is 25.3. The monoisotopic (exact) mass is 1180 g/mol. The molecule has 83 heavy (non-hydrogen) atoms. The Morgan fingerprint density at radius 1 is 0.663 bits per heavy atom. The van der Waals surface area contributed by atoms with E-state index in [-0.39, 0.29) is 24.5 Å². The molecule has 1 unspecified atom stereocenters. The summed E-state index contributed by atoms with van der Waals surface area (Å²) in [6.45, 7) is 0.0995. The van der Waals surface area contributed by atoms with Gasteiger partial charge >= 0.3 is 0 Å². The lowest BCUT2D eigenvalue weighted by Gasteiger charge is -2.22. The summed E-state index contributed by atoms with van der Waals surface area (Å²) >= 11 is 5.54. The van der Waals surface area contributed by atoms with Gasteiger partial charge in [0.05, 0.1) is 68.6 Å². The van der Waals surface area contributed by atoms with Crippen LogP contribution in [0.15, 0.2) is 111 Å². The second kappa shape index (κ2) is 20.5. The Hall–Kier alpha value is -8.84. The van der Waals surface area contributed by atoms with Crippen molar-refractivity contribution >= 4 is 89.0 Å². The van der Waals surface area contributed by atoms with Gasteiger partial charge in [0.25, 0.3) is 22.2 Å². The van der Waals surface area contributed by atoms with E-state index < -0.39 is 6.10 Å². The highest BCUT2D eigenvalue weighted by molar-refractivity contribution is 7.18. The molecule has 0 saturated heterocycles. The number of hydrogen-bond acceptors (Lipinski definition) is 20. The van der Waals surface area contributed by atoms with Crippen molar-refractivity contribution in [3.05, 3.63) is 130 Å². The molecule has 0 bridgehead atoms. The second-order valence-corrected chi connectivity index (χ2v) is 24.0. The number of benzene rings is 4. The fourth-order valence-electron chi connectivity index (χ4n) is 10.1. The summed E-state index contributed by atoms with van der Waals surface area (Å²) < 4.78 is 54.0. The summed E-state index contributed by atoms with van der Waals surface area (Å²) in [5, 5.41) is 19.6. The number of thiazole rings is 2. The molecule has 3 fully saturated rings. The van der Waals surface area contributed by atoms with Gasteiger partial charge in [-0.1, -0.05) is 24.3 Å². The number of fused-ring (bicyclic) bond motifs is 4. The van der Waals surface area contributed by atoms with Gasteiger partial charge in [0.2, 0.25) is 9.92 Å². The predicted molar refractivity (Wildman–Crippen MR) is 313 cm³/mol. The first-order valence-electron chi connectivity index (χ1n) is 26.7. The minimum absolute atomic E-state index is 0.0726. The first-order chi connectivity index (χ1) is 40.6. The van der Waals surface area contributed by atoms with E-state index in [4.69, 9.17) is 57.2 Å². The number of nitrogens with zero attached hydrogens (tertiary/aromatic N) is 9. The number of rotatable bonds is 20. The number of amides is 2. The molecule has 0 radical (unpaired) electrons.